The molecule has 1 N–H and O–H groups in total. The summed E-state index contributed by atoms with van der Waals surface area (Å²) >= 11 is 1.37. The van der Waals surface area contributed by atoms with Gasteiger partial charge < -0.3 is 10.2 Å². The van der Waals surface area contributed by atoms with Crippen molar-refractivity contribution in [2.45, 2.75) is 32.7 Å². The Labute approximate surface area is 144 Å². The second kappa shape index (κ2) is 7.04. The van der Waals surface area contributed by atoms with Crippen LogP contribution in [0, 0.1) is 5.92 Å². The molecular formula is C16H19N5O2S. The monoisotopic (exact) mass is 345 g/mol. The first-order valence-electron chi connectivity index (χ1n) is 7.85. The normalized spacial score (nSPS) is 17.5. The van der Waals surface area contributed by atoms with Gasteiger partial charge in [0.25, 0.3) is 0 Å². The Morgan fingerprint density at radius 1 is 1.42 bits per heavy atom. The number of hydrogen-bond acceptors (Lipinski definition) is 6. The van der Waals surface area contributed by atoms with Gasteiger partial charge in [-0.3, -0.25) is 14.6 Å². The molecule has 0 radical (unpaired) electrons. The predicted octanol–water partition coefficient (Wildman–Crippen LogP) is 2.04. The van der Waals surface area contributed by atoms with E-state index in [0.29, 0.717) is 18.2 Å². The van der Waals surface area contributed by atoms with E-state index in [-0.39, 0.29) is 30.1 Å². The maximum Gasteiger partial charge on any atom is 0.231 e. The highest BCUT2D eigenvalue weighted by atomic mass is 32.1. The number of hydrogen-bond donors (Lipinski definition) is 1. The summed E-state index contributed by atoms with van der Waals surface area (Å²) < 4.78 is 0. The van der Waals surface area contributed by atoms with Crippen LogP contribution in [0.4, 0.5) is 5.13 Å². The molecule has 0 spiro atoms. The molecule has 1 atom stereocenters. The fourth-order valence-electron chi connectivity index (χ4n) is 2.51. The molecule has 0 bridgehead atoms. The highest BCUT2D eigenvalue weighted by Gasteiger charge is 2.34. The van der Waals surface area contributed by atoms with Gasteiger partial charge in [-0.1, -0.05) is 31.3 Å². The van der Waals surface area contributed by atoms with E-state index < -0.39 is 0 Å². The summed E-state index contributed by atoms with van der Waals surface area (Å²) in [4.78, 5) is 30.4. The summed E-state index contributed by atoms with van der Waals surface area (Å²) in [6.45, 7) is 4.88. The summed E-state index contributed by atoms with van der Waals surface area (Å²) in [5.74, 6) is -0.304. The molecule has 2 amide bonds. The number of amides is 2. The van der Waals surface area contributed by atoms with Crippen molar-refractivity contribution >= 4 is 28.3 Å². The fourth-order valence-corrected chi connectivity index (χ4v) is 3.26. The Morgan fingerprint density at radius 3 is 2.92 bits per heavy atom. The Kier molecular flexibility index (Phi) is 4.84. The topological polar surface area (TPSA) is 88.1 Å². The molecule has 0 aliphatic carbocycles. The molecule has 0 saturated carbocycles. The van der Waals surface area contributed by atoms with E-state index in [2.05, 4.69) is 20.5 Å². The summed E-state index contributed by atoms with van der Waals surface area (Å²) in [6.07, 6.45) is 1.91. The minimum Gasteiger partial charge on any atom is -0.336 e. The quantitative estimate of drug-likeness (QED) is 0.896. The van der Waals surface area contributed by atoms with Gasteiger partial charge in [0.05, 0.1) is 18.2 Å². The number of carbonyl (C=O) groups excluding carboxylic acids is 2. The number of anilines is 1. The van der Waals surface area contributed by atoms with Crippen molar-refractivity contribution in [1.29, 1.82) is 0 Å². The van der Waals surface area contributed by atoms with Crippen molar-refractivity contribution in [2.24, 2.45) is 5.92 Å². The van der Waals surface area contributed by atoms with Crippen LogP contribution >= 0.6 is 11.3 Å². The van der Waals surface area contributed by atoms with Gasteiger partial charge in [0, 0.05) is 25.1 Å². The molecule has 24 heavy (non-hydrogen) atoms. The van der Waals surface area contributed by atoms with Crippen LogP contribution < -0.4 is 5.32 Å². The fraction of sp³-hybridized carbons (Fsp3) is 0.438. The first-order valence-corrected chi connectivity index (χ1v) is 8.66. The number of nitrogens with one attached hydrogen (secondary N) is 1. The van der Waals surface area contributed by atoms with Crippen molar-refractivity contribution in [3.63, 3.8) is 0 Å². The van der Waals surface area contributed by atoms with Gasteiger partial charge in [0.1, 0.15) is 5.01 Å². The van der Waals surface area contributed by atoms with Crippen molar-refractivity contribution in [2.75, 3.05) is 11.9 Å². The molecule has 2 aromatic rings. The van der Waals surface area contributed by atoms with E-state index in [0.717, 1.165) is 10.7 Å². The number of nitrogens with zero attached hydrogens (tertiary/aromatic N) is 4. The highest BCUT2D eigenvalue weighted by molar-refractivity contribution is 7.15. The molecule has 3 rings (SSSR count). The Balaban J connectivity index is 1.59. The second-order valence-electron chi connectivity index (χ2n) is 6.09. The van der Waals surface area contributed by atoms with Gasteiger partial charge in [-0.2, -0.15) is 0 Å². The zero-order chi connectivity index (χ0) is 17.1. The van der Waals surface area contributed by atoms with Crippen molar-refractivity contribution in [1.82, 2.24) is 20.1 Å². The molecule has 3 heterocycles. The summed E-state index contributed by atoms with van der Waals surface area (Å²) in [6, 6.07) is 5.59. The lowest BCUT2D eigenvalue weighted by atomic mass is 10.1. The molecule has 1 saturated heterocycles. The molecule has 1 aliphatic heterocycles. The van der Waals surface area contributed by atoms with Gasteiger partial charge in [0.15, 0.2) is 0 Å². The average molecular weight is 345 g/mol. The lowest BCUT2D eigenvalue weighted by Crippen LogP contribution is -2.28. The van der Waals surface area contributed by atoms with E-state index in [1.807, 2.05) is 32.0 Å². The highest BCUT2D eigenvalue weighted by Crippen LogP contribution is 2.25. The van der Waals surface area contributed by atoms with Crippen LogP contribution in [0.25, 0.3) is 0 Å². The van der Waals surface area contributed by atoms with Crippen LogP contribution in [0.15, 0.2) is 24.4 Å². The summed E-state index contributed by atoms with van der Waals surface area (Å²) in [7, 11) is 0. The number of likely N-dealkylation sites (tertiary alicyclic amines) is 1. The maximum absolute atomic E-state index is 12.4. The molecule has 0 aromatic carbocycles. The lowest BCUT2D eigenvalue weighted by molar-refractivity contribution is -0.128. The van der Waals surface area contributed by atoms with E-state index in [1.54, 1.807) is 11.1 Å². The maximum atomic E-state index is 12.4. The van der Waals surface area contributed by atoms with E-state index >= 15 is 0 Å². The van der Waals surface area contributed by atoms with Crippen LogP contribution in [0.3, 0.4) is 0 Å². The number of pyridine rings is 1. The third-order valence-corrected chi connectivity index (χ3v) is 4.97. The standard InChI is InChI=1S/C16H19N5O2S/c1-10(2)15-19-20-16(24-15)18-14(23)11-7-13(22)21(8-11)9-12-5-3-4-6-17-12/h3-6,10-11H,7-9H2,1-2H3,(H,18,20,23)/t11-/m0/s1. The summed E-state index contributed by atoms with van der Waals surface area (Å²) in [5.41, 5.74) is 0.817. The van der Waals surface area contributed by atoms with Gasteiger partial charge >= 0.3 is 0 Å². The predicted molar refractivity (Wildman–Crippen MR) is 90.4 cm³/mol. The number of aromatic nitrogens is 3. The second-order valence-corrected chi connectivity index (χ2v) is 7.09. The first-order chi connectivity index (χ1) is 11.5. The average Bonchev–Trinajstić information content (AvgIpc) is 3.16. The third-order valence-electron chi connectivity index (χ3n) is 3.83. The molecule has 0 unspecified atom stereocenters. The Bertz CT molecular complexity index is 731. The Morgan fingerprint density at radius 2 is 2.25 bits per heavy atom. The van der Waals surface area contributed by atoms with Crippen LogP contribution in [-0.2, 0) is 16.1 Å². The van der Waals surface area contributed by atoms with Gasteiger partial charge in [-0.05, 0) is 12.1 Å². The molecule has 8 heteroatoms. The number of carbonyl (C=O) groups is 2. The SMILES string of the molecule is CC(C)c1nnc(NC(=O)[C@H]2CC(=O)N(Cc3ccccn3)C2)s1. The van der Waals surface area contributed by atoms with Crippen LogP contribution in [0.1, 0.15) is 36.9 Å². The van der Waals surface area contributed by atoms with Crippen molar-refractivity contribution < 1.29 is 9.59 Å². The largest absolute Gasteiger partial charge is 0.336 e. The molecule has 2 aromatic heterocycles. The van der Waals surface area contributed by atoms with Gasteiger partial charge in [-0.15, -0.1) is 10.2 Å². The number of rotatable bonds is 5. The van der Waals surface area contributed by atoms with Crippen molar-refractivity contribution in [3.8, 4) is 0 Å². The molecule has 7 nitrogen and oxygen atoms in total. The van der Waals surface area contributed by atoms with Crippen LogP contribution in [-0.4, -0.2) is 38.4 Å². The minimum atomic E-state index is -0.368. The van der Waals surface area contributed by atoms with Crippen molar-refractivity contribution in [3.05, 3.63) is 35.1 Å². The van der Waals surface area contributed by atoms with E-state index in [1.165, 1.54) is 11.3 Å². The van der Waals surface area contributed by atoms with Gasteiger partial charge in [0.2, 0.25) is 16.9 Å². The summed E-state index contributed by atoms with van der Waals surface area (Å²) in [5, 5.41) is 12.2. The van der Waals surface area contributed by atoms with Crippen LogP contribution in [0.2, 0.25) is 0 Å². The molecule has 126 valence electrons. The van der Waals surface area contributed by atoms with Gasteiger partial charge in [-0.25, -0.2) is 0 Å². The molecule has 1 aliphatic rings. The molecular weight excluding hydrogens is 326 g/mol. The zero-order valence-electron chi connectivity index (χ0n) is 13.6. The van der Waals surface area contributed by atoms with Crippen LogP contribution in [0.5, 0.6) is 0 Å². The molecule has 1 fully saturated rings. The lowest BCUT2D eigenvalue weighted by Gasteiger charge is -2.15. The first kappa shape index (κ1) is 16.5. The zero-order valence-corrected chi connectivity index (χ0v) is 14.4. The van der Waals surface area contributed by atoms with E-state index in [4.69, 9.17) is 0 Å². The van der Waals surface area contributed by atoms with E-state index in [9.17, 15) is 9.59 Å². The third kappa shape index (κ3) is 3.76. The smallest absolute Gasteiger partial charge is 0.231 e. The minimum absolute atomic E-state index is 0.0269. The Hall–Kier alpha value is -2.35.